The van der Waals surface area contributed by atoms with E-state index >= 15 is 0 Å². The number of nitrogens with zero attached hydrogens (tertiary/aromatic N) is 2. The van der Waals surface area contributed by atoms with E-state index in [4.69, 9.17) is 16.4 Å². The number of carbonyl (C=O) groups is 2. The molecule has 0 saturated carbocycles. The number of hydrogen-bond acceptors (Lipinski definition) is 4. The first kappa shape index (κ1) is 25.1. The van der Waals surface area contributed by atoms with Crippen LogP contribution >= 0.6 is 11.6 Å². The molecule has 3 aromatic rings. The predicted octanol–water partition coefficient (Wildman–Crippen LogP) is 5.41. The van der Waals surface area contributed by atoms with Crippen molar-refractivity contribution >= 4 is 23.8 Å². The zero-order chi connectivity index (χ0) is 24.6. The molecule has 1 aliphatic rings. The first-order valence-corrected chi connectivity index (χ1v) is 12.4. The summed E-state index contributed by atoms with van der Waals surface area (Å²) in [5.41, 5.74) is 3.81. The second-order valence-corrected chi connectivity index (χ2v) is 9.52. The van der Waals surface area contributed by atoms with E-state index in [0.29, 0.717) is 18.1 Å². The summed E-state index contributed by atoms with van der Waals surface area (Å²) in [6.07, 6.45) is 2.08. The number of hydroxylamine groups is 2. The summed E-state index contributed by atoms with van der Waals surface area (Å²) < 4.78 is 0. The molecular formula is C29H31ClN2O3. The Balaban J connectivity index is 1.62. The quantitative estimate of drug-likeness (QED) is 0.281. The minimum absolute atomic E-state index is 0.0397. The van der Waals surface area contributed by atoms with Crippen molar-refractivity contribution in [2.75, 3.05) is 19.6 Å². The van der Waals surface area contributed by atoms with E-state index in [0.717, 1.165) is 41.5 Å². The Kier molecular flexibility index (Phi) is 8.69. The molecule has 35 heavy (non-hydrogen) atoms. The van der Waals surface area contributed by atoms with Gasteiger partial charge in [0.25, 0.3) is 5.91 Å². The number of amides is 1. The van der Waals surface area contributed by atoms with Crippen molar-refractivity contribution in [2.24, 2.45) is 5.92 Å². The van der Waals surface area contributed by atoms with Gasteiger partial charge in [0.15, 0.2) is 0 Å². The number of rotatable bonds is 10. The SMILES string of the molecule is Cc1cc(CC(=O)N(OCc2ccccc2)C(CN2CCC(C=O)C2)c2ccccc2)ccc1Cl. The number of likely N-dealkylation sites (tertiary alicyclic amines) is 1. The lowest BCUT2D eigenvalue weighted by atomic mass is 10.0. The molecule has 182 valence electrons. The van der Waals surface area contributed by atoms with E-state index in [1.54, 1.807) is 5.06 Å². The lowest BCUT2D eigenvalue weighted by molar-refractivity contribution is -0.208. The number of halogens is 1. The van der Waals surface area contributed by atoms with E-state index in [1.165, 1.54) is 0 Å². The first-order valence-electron chi connectivity index (χ1n) is 12.0. The Hall–Kier alpha value is -2.99. The van der Waals surface area contributed by atoms with Gasteiger partial charge in [-0.05, 0) is 48.2 Å². The van der Waals surface area contributed by atoms with Gasteiger partial charge in [0.1, 0.15) is 12.9 Å². The van der Waals surface area contributed by atoms with Gasteiger partial charge in [-0.3, -0.25) is 9.63 Å². The van der Waals surface area contributed by atoms with Gasteiger partial charge < -0.3 is 9.69 Å². The van der Waals surface area contributed by atoms with Crippen molar-refractivity contribution in [1.29, 1.82) is 0 Å². The molecule has 4 rings (SSSR count). The largest absolute Gasteiger partial charge is 0.303 e. The van der Waals surface area contributed by atoms with Crippen LogP contribution in [0.15, 0.2) is 78.9 Å². The third-order valence-electron chi connectivity index (χ3n) is 6.44. The summed E-state index contributed by atoms with van der Waals surface area (Å²) in [7, 11) is 0. The van der Waals surface area contributed by atoms with Gasteiger partial charge in [-0.15, -0.1) is 0 Å². The fourth-order valence-corrected chi connectivity index (χ4v) is 4.62. The van der Waals surface area contributed by atoms with Crippen LogP contribution in [-0.2, 0) is 27.5 Å². The Morgan fingerprint density at radius 3 is 2.46 bits per heavy atom. The van der Waals surface area contributed by atoms with Crippen molar-refractivity contribution in [3.8, 4) is 0 Å². The topological polar surface area (TPSA) is 49.9 Å². The monoisotopic (exact) mass is 490 g/mol. The van der Waals surface area contributed by atoms with E-state index in [1.807, 2.05) is 85.8 Å². The summed E-state index contributed by atoms with van der Waals surface area (Å²) in [5.74, 6) is -0.0829. The minimum atomic E-state index is -0.314. The molecule has 2 unspecified atom stereocenters. The molecule has 0 N–H and O–H groups in total. The molecule has 1 saturated heterocycles. The van der Waals surface area contributed by atoms with Crippen molar-refractivity contribution < 1.29 is 14.4 Å². The maximum atomic E-state index is 13.7. The number of aldehydes is 1. The lowest BCUT2D eigenvalue weighted by Gasteiger charge is -2.34. The second-order valence-electron chi connectivity index (χ2n) is 9.11. The zero-order valence-corrected chi connectivity index (χ0v) is 20.7. The van der Waals surface area contributed by atoms with Crippen LogP contribution in [0.5, 0.6) is 0 Å². The van der Waals surface area contributed by atoms with Crippen LogP contribution in [0.2, 0.25) is 5.02 Å². The van der Waals surface area contributed by atoms with Crippen molar-refractivity contribution in [1.82, 2.24) is 9.96 Å². The maximum absolute atomic E-state index is 13.7. The fraction of sp³-hybridized carbons (Fsp3) is 0.310. The Morgan fingerprint density at radius 1 is 1.09 bits per heavy atom. The summed E-state index contributed by atoms with van der Waals surface area (Å²) in [5, 5.41) is 2.22. The van der Waals surface area contributed by atoms with Crippen molar-refractivity contribution in [3.05, 3.63) is 106 Å². The summed E-state index contributed by atoms with van der Waals surface area (Å²) in [6.45, 7) is 4.33. The highest BCUT2D eigenvalue weighted by Crippen LogP contribution is 2.27. The highest BCUT2D eigenvalue weighted by Gasteiger charge is 2.31. The van der Waals surface area contributed by atoms with Crippen LogP contribution in [0.25, 0.3) is 0 Å². The standard InChI is InChI=1S/C29H31ClN2O3/c1-22-16-24(12-13-27(22)30)17-29(34)32(35-21-23-8-4-2-5-9-23)28(26-10-6-3-7-11-26)19-31-15-14-25(18-31)20-33/h2-13,16,20,25,28H,14-15,17-19,21H2,1H3. The summed E-state index contributed by atoms with van der Waals surface area (Å²) >= 11 is 6.20. The summed E-state index contributed by atoms with van der Waals surface area (Å²) in [4.78, 5) is 33.6. The van der Waals surface area contributed by atoms with Crippen LogP contribution in [0, 0.1) is 12.8 Å². The third-order valence-corrected chi connectivity index (χ3v) is 6.86. The van der Waals surface area contributed by atoms with Gasteiger partial charge in [-0.2, -0.15) is 0 Å². The van der Waals surface area contributed by atoms with Crippen LogP contribution in [0.4, 0.5) is 0 Å². The van der Waals surface area contributed by atoms with Gasteiger partial charge >= 0.3 is 0 Å². The normalized spacial score (nSPS) is 16.7. The highest BCUT2D eigenvalue weighted by molar-refractivity contribution is 6.31. The Bertz CT molecular complexity index is 1120. The molecule has 6 heteroatoms. The van der Waals surface area contributed by atoms with Gasteiger partial charge in [0.05, 0.1) is 12.5 Å². The lowest BCUT2D eigenvalue weighted by Crippen LogP contribution is -2.41. The van der Waals surface area contributed by atoms with Crippen molar-refractivity contribution in [3.63, 3.8) is 0 Å². The van der Waals surface area contributed by atoms with E-state index in [9.17, 15) is 9.59 Å². The first-order chi connectivity index (χ1) is 17.0. The molecule has 3 aromatic carbocycles. The van der Waals surface area contributed by atoms with Crippen LogP contribution in [-0.4, -0.2) is 41.8 Å². The molecule has 0 spiro atoms. The van der Waals surface area contributed by atoms with Crippen LogP contribution < -0.4 is 0 Å². The molecule has 0 aromatic heterocycles. The molecule has 2 atom stereocenters. The number of carbonyl (C=O) groups excluding carboxylic acids is 2. The maximum Gasteiger partial charge on any atom is 0.251 e. The number of aryl methyl sites for hydroxylation is 1. The fourth-order valence-electron chi connectivity index (χ4n) is 4.50. The van der Waals surface area contributed by atoms with Crippen LogP contribution in [0.3, 0.4) is 0 Å². The third kappa shape index (κ3) is 6.79. The van der Waals surface area contributed by atoms with E-state index in [-0.39, 0.29) is 30.9 Å². The zero-order valence-electron chi connectivity index (χ0n) is 20.0. The smallest absolute Gasteiger partial charge is 0.251 e. The molecule has 0 bridgehead atoms. The Labute approximate surface area is 212 Å². The molecular weight excluding hydrogens is 460 g/mol. The molecule has 1 amide bonds. The van der Waals surface area contributed by atoms with Gasteiger partial charge in [-0.1, -0.05) is 84.4 Å². The number of hydrogen-bond donors (Lipinski definition) is 0. The van der Waals surface area contributed by atoms with Gasteiger partial charge in [-0.25, -0.2) is 5.06 Å². The average Bonchev–Trinajstić information content (AvgIpc) is 3.34. The minimum Gasteiger partial charge on any atom is -0.303 e. The molecule has 5 nitrogen and oxygen atoms in total. The van der Waals surface area contributed by atoms with Gasteiger partial charge in [0.2, 0.25) is 0 Å². The summed E-state index contributed by atoms with van der Waals surface area (Å²) in [6, 6.07) is 25.1. The molecule has 0 aliphatic carbocycles. The van der Waals surface area contributed by atoms with E-state index < -0.39 is 0 Å². The van der Waals surface area contributed by atoms with E-state index in [2.05, 4.69) is 4.90 Å². The highest BCUT2D eigenvalue weighted by atomic mass is 35.5. The average molecular weight is 491 g/mol. The Morgan fingerprint density at radius 2 is 1.80 bits per heavy atom. The van der Waals surface area contributed by atoms with Crippen molar-refractivity contribution in [2.45, 2.75) is 32.4 Å². The molecule has 1 fully saturated rings. The molecule has 1 aliphatic heterocycles. The predicted molar refractivity (Wildman–Crippen MR) is 138 cm³/mol. The molecule has 1 heterocycles. The second kappa shape index (κ2) is 12.1. The van der Waals surface area contributed by atoms with Crippen LogP contribution in [0.1, 0.15) is 34.7 Å². The number of benzene rings is 3. The van der Waals surface area contributed by atoms with Gasteiger partial charge in [0, 0.05) is 24.0 Å². The molecule has 0 radical (unpaired) electrons.